The highest BCUT2D eigenvalue weighted by Gasteiger charge is 2.30. The second-order valence-electron chi connectivity index (χ2n) is 10.0. The standard InChI is InChI=1S/C25H32N6O2/c1-16-22-19(14-20(18-5-6-18)28-23(22)31(29-16)25(2,3)4)24(32)27-15-17-7-8-26-21(13-17)30-9-11-33-12-10-30/h7-8,13-14,18H,5-6,9-12,15H2,1-4H3,(H,27,32). The highest BCUT2D eigenvalue weighted by molar-refractivity contribution is 6.06. The molecule has 1 saturated carbocycles. The zero-order valence-electron chi connectivity index (χ0n) is 19.9. The van der Waals surface area contributed by atoms with Gasteiger partial charge in [-0.1, -0.05) is 0 Å². The lowest BCUT2D eigenvalue weighted by Crippen LogP contribution is -2.36. The van der Waals surface area contributed by atoms with Gasteiger partial charge in [0.2, 0.25) is 0 Å². The van der Waals surface area contributed by atoms with Gasteiger partial charge < -0.3 is 15.0 Å². The number of fused-ring (bicyclic) bond motifs is 1. The first kappa shape index (κ1) is 21.8. The molecular formula is C25H32N6O2. The van der Waals surface area contributed by atoms with Crippen molar-refractivity contribution in [1.29, 1.82) is 0 Å². The summed E-state index contributed by atoms with van der Waals surface area (Å²) in [5.41, 5.74) is 4.10. The van der Waals surface area contributed by atoms with E-state index in [0.29, 0.717) is 31.2 Å². The van der Waals surface area contributed by atoms with E-state index in [9.17, 15) is 4.79 Å². The third-order valence-corrected chi connectivity index (χ3v) is 6.31. The van der Waals surface area contributed by atoms with Crippen LogP contribution >= 0.6 is 0 Å². The average Bonchev–Trinajstić information content (AvgIpc) is 3.60. The first-order valence-electron chi connectivity index (χ1n) is 11.8. The zero-order valence-corrected chi connectivity index (χ0v) is 19.9. The molecule has 0 radical (unpaired) electrons. The van der Waals surface area contributed by atoms with Crippen LogP contribution in [0.1, 0.15) is 66.8 Å². The molecule has 0 unspecified atom stereocenters. The van der Waals surface area contributed by atoms with Crippen LogP contribution < -0.4 is 10.2 Å². The van der Waals surface area contributed by atoms with Gasteiger partial charge in [-0.15, -0.1) is 0 Å². The first-order valence-corrected chi connectivity index (χ1v) is 11.8. The monoisotopic (exact) mass is 448 g/mol. The fourth-order valence-corrected chi connectivity index (χ4v) is 4.36. The van der Waals surface area contributed by atoms with Crippen molar-refractivity contribution in [2.24, 2.45) is 0 Å². The number of amides is 1. The number of rotatable bonds is 5. The van der Waals surface area contributed by atoms with Gasteiger partial charge in [0.25, 0.3) is 5.91 Å². The molecule has 33 heavy (non-hydrogen) atoms. The molecule has 4 heterocycles. The summed E-state index contributed by atoms with van der Waals surface area (Å²) in [5.74, 6) is 1.28. The van der Waals surface area contributed by atoms with E-state index >= 15 is 0 Å². The Balaban J connectivity index is 1.42. The number of nitrogens with zero attached hydrogens (tertiary/aromatic N) is 5. The highest BCUT2D eigenvalue weighted by Crippen LogP contribution is 2.41. The van der Waals surface area contributed by atoms with E-state index in [4.69, 9.17) is 14.8 Å². The third kappa shape index (κ3) is 4.44. The molecule has 2 aliphatic rings. The number of aromatic nitrogens is 4. The van der Waals surface area contributed by atoms with Crippen LogP contribution in [0.25, 0.3) is 11.0 Å². The van der Waals surface area contributed by atoms with Crippen LogP contribution in [0.15, 0.2) is 24.4 Å². The Bertz CT molecular complexity index is 1190. The van der Waals surface area contributed by atoms with E-state index in [-0.39, 0.29) is 11.4 Å². The average molecular weight is 449 g/mol. The predicted molar refractivity (Wildman–Crippen MR) is 128 cm³/mol. The van der Waals surface area contributed by atoms with Gasteiger partial charge in [-0.05, 0) is 64.3 Å². The zero-order chi connectivity index (χ0) is 23.2. The molecule has 0 aromatic carbocycles. The molecule has 0 bridgehead atoms. The Labute approximate surface area is 194 Å². The largest absolute Gasteiger partial charge is 0.378 e. The molecule has 8 nitrogen and oxygen atoms in total. The van der Waals surface area contributed by atoms with Gasteiger partial charge in [0.15, 0.2) is 5.65 Å². The summed E-state index contributed by atoms with van der Waals surface area (Å²) >= 11 is 0. The SMILES string of the molecule is Cc1nn(C(C)(C)C)c2nc(C3CC3)cc(C(=O)NCc3ccnc(N4CCOCC4)c3)c12. The topological polar surface area (TPSA) is 85.2 Å². The number of ether oxygens (including phenoxy) is 1. The molecule has 3 aromatic rings. The molecule has 1 aliphatic carbocycles. The van der Waals surface area contributed by atoms with E-state index in [1.807, 2.05) is 29.8 Å². The fourth-order valence-electron chi connectivity index (χ4n) is 4.36. The normalized spacial score (nSPS) is 16.9. The van der Waals surface area contributed by atoms with E-state index in [1.165, 1.54) is 0 Å². The molecule has 1 aliphatic heterocycles. The maximum atomic E-state index is 13.4. The molecule has 1 amide bonds. The van der Waals surface area contributed by atoms with Crippen LogP contribution in [0, 0.1) is 6.92 Å². The van der Waals surface area contributed by atoms with Gasteiger partial charge >= 0.3 is 0 Å². The number of aryl methyl sites for hydroxylation is 1. The number of anilines is 1. The van der Waals surface area contributed by atoms with Crippen molar-refractivity contribution < 1.29 is 9.53 Å². The van der Waals surface area contributed by atoms with Crippen molar-refractivity contribution in [3.05, 3.63) is 46.9 Å². The number of carbonyl (C=O) groups excluding carboxylic acids is 1. The molecule has 0 spiro atoms. The molecule has 0 atom stereocenters. The van der Waals surface area contributed by atoms with Crippen molar-refractivity contribution in [2.75, 3.05) is 31.2 Å². The number of morpholine rings is 1. The Morgan fingerprint density at radius 2 is 1.97 bits per heavy atom. The number of pyridine rings is 2. The molecule has 1 saturated heterocycles. The summed E-state index contributed by atoms with van der Waals surface area (Å²) in [6.07, 6.45) is 4.06. The highest BCUT2D eigenvalue weighted by atomic mass is 16.5. The summed E-state index contributed by atoms with van der Waals surface area (Å²) in [5, 5.41) is 8.72. The first-order chi connectivity index (χ1) is 15.8. The van der Waals surface area contributed by atoms with Crippen LogP contribution in [-0.2, 0) is 16.8 Å². The van der Waals surface area contributed by atoms with Gasteiger partial charge in [0, 0.05) is 37.4 Å². The summed E-state index contributed by atoms with van der Waals surface area (Å²) < 4.78 is 7.40. The summed E-state index contributed by atoms with van der Waals surface area (Å²) in [6, 6.07) is 5.97. The van der Waals surface area contributed by atoms with Crippen molar-refractivity contribution >= 4 is 22.8 Å². The van der Waals surface area contributed by atoms with E-state index < -0.39 is 0 Å². The summed E-state index contributed by atoms with van der Waals surface area (Å²) in [6.45, 7) is 11.8. The van der Waals surface area contributed by atoms with E-state index in [0.717, 1.165) is 59.7 Å². The summed E-state index contributed by atoms with van der Waals surface area (Å²) in [4.78, 5) is 25.1. The van der Waals surface area contributed by atoms with Gasteiger partial charge in [-0.25, -0.2) is 14.6 Å². The molecule has 8 heteroatoms. The van der Waals surface area contributed by atoms with Crippen molar-refractivity contribution in [3.8, 4) is 0 Å². The van der Waals surface area contributed by atoms with Crippen LogP contribution in [0.2, 0.25) is 0 Å². The van der Waals surface area contributed by atoms with Crippen LogP contribution in [0.3, 0.4) is 0 Å². The lowest BCUT2D eigenvalue weighted by molar-refractivity contribution is 0.0952. The van der Waals surface area contributed by atoms with Crippen molar-refractivity contribution in [1.82, 2.24) is 25.1 Å². The fraction of sp³-hybridized carbons (Fsp3) is 0.520. The Morgan fingerprint density at radius 3 is 2.67 bits per heavy atom. The van der Waals surface area contributed by atoms with Gasteiger partial charge in [0.1, 0.15) is 5.82 Å². The van der Waals surface area contributed by atoms with E-state index in [2.05, 4.69) is 36.0 Å². The van der Waals surface area contributed by atoms with Crippen LogP contribution in [0.4, 0.5) is 5.82 Å². The van der Waals surface area contributed by atoms with Crippen LogP contribution in [-0.4, -0.2) is 52.0 Å². The minimum absolute atomic E-state index is 0.0920. The Kier molecular flexibility index (Phi) is 5.56. The van der Waals surface area contributed by atoms with Gasteiger partial charge in [0.05, 0.1) is 35.4 Å². The second kappa shape index (κ2) is 8.41. The lowest BCUT2D eigenvalue weighted by atomic mass is 10.1. The quantitative estimate of drug-likeness (QED) is 0.643. The maximum absolute atomic E-state index is 13.4. The molecule has 1 N–H and O–H groups in total. The number of carbonyl (C=O) groups is 1. The van der Waals surface area contributed by atoms with E-state index in [1.54, 1.807) is 6.20 Å². The number of hydrogen-bond donors (Lipinski definition) is 1. The lowest BCUT2D eigenvalue weighted by Gasteiger charge is -2.28. The Morgan fingerprint density at radius 1 is 1.21 bits per heavy atom. The van der Waals surface area contributed by atoms with Gasteiger partial charge in [-0.2, -0.15) is 5.10 Å². The molecule has 5 rings (SSSR count). The summed E-state index contributed by atoms with van der Waals surface area (Å²) in [7, 11) is 0. The smallest absolute Gasteiger partial charge is 0.252 e. The minimum atomic E-state index is -0.220. The van der Waals surface area contributed by atoms with Crippen molar-refractivity contribution in [3.63, 3.8) is 0 Å². The molecule has 2 fully saturated rings. The van der Waals surface area contributed by atoms with Gasteiger partial charge in [-0.3, -0.25) is 4.79 Å². The third-order valence-electron chi connectivity index (χ3n) is 6.31. The number of nitrogens with one attached hydrogen (secondary N) is 1. The van der Waals surface area contributed by atoms with Crippen LogP contribution in [0.5, 0.6) is 0 Å². The molecule has 3 aromatic heterocycles. The minimum Gasteiger partial charge on any atom is -0.378 e. The molecular weight excluding hydrogens is 416 g/mol. The predicted octanol–water partition coefficient (Wildman–Crippen LogP) is 3.53. The number of hydrogen-bond acceptors (Lipinski definition) is 6. The van der Waals surface area contributed by atoms with Crippen molar-refractivity contribution in [2.45, 2.75) is 58.5 Å². The maximum Gasteiger partial charge on any atom is 0.252 e. The second-order valence-corrected chi connectivity index (χ2v) is 10.0. The molecule has 174 valence electrons. The Hall–Kier alpha value is -3.00.